The number of ether oxygens (including phenoxy) is 3. The highest BCUT2D eigenvalue weighted by Crippen LogP contribution is 2.33. The van der Waals surface area contributed by atoms with Gasteiger partial charge >= 0.3 is 6.16 Å². The molecule has 0 aliphatic carbocycles. The Hall–Kier alpha value is -3.02. The Labute approximate surface area is 178 Å². The van der Waals surface area contributed by atoms with Gasteiger partial charge in [0.1, 0.15) is 17.5 Å². The molecule has 0 saturated heterocycles. The number of hydrogen-bond donors (Lipinski definition) is 1. The third kappa shape index (κ3) is 6.79. The SMILES string of the molecule is COc1ccc(NC(=O)[C@@H](C(C)C)[C@@H](OC(=O)OC(C)(C)C)c2ccccc2)cc1. The van der Waals surface area contributed by atoms with Gasteiger partial charge in [-0.1, -0.05) is 44.2 Å². The van der Waals surface area contributed by atoms with Gasteiger partial charge in [0, 0.05) is 5.69 Å². The molecule has 1 amide bonds. The zero-order valence-corrected chi connectivity index (χ0v) is 18.5. The minimum atomic E-state index is -0.806. The van der Waals surface area contributed by atoms with Crippen molar-refractivity contribution in [3.63, 3.8) is 0 Å². The van der Waals surface area contributed by atoms with E-state index in [0.717, 1.165) is 5.56 Å². The molecule has 0 aliphatic rings. The topological polar surface area (TPSA) is 73.9 Å². The molecule has 0 bridgehead atoms. The van der Waals surface area contributed by atoms with Crippen molar-refractivity contribution in [1.29, 1.82) is 0 Å². The molecule has 6 heteroatoms. The maximum atomic E-state index is 13.2. The zero-order valence-electron chi connectivity index (χ0n) is 18.5. The third-order valence-corrected chi connectivity index (χ3v) is 4.45. The molecule has 0 heterocycles. The standard InChI is InChI=1S/C24H31NO5/c1-16(2)20(22(26)25-18-12-14-19(28-6)15-13-18)21(17-10-8-7-9-11-17)29-23(27)30-24(3,4)5/h7-16,20-21H,1-6H3,(H,25,26)/t20-,21-/m0/s1. The fourth-order valence-electron chi connectivity index (χ4n) is 3.06. The van der Waals surface area contributed by atoms with Gasteiger partial charge in [-0.05, 0) is 56.5 Å². The molecule has 0 spiro atoms. The summed E-state index contributed by atoms with van der Waals surface area (Å²) in [6.45, 7) is 9.14. The van der Waals surface area contributed by atoms with Gasteiger partial charge < -0.3 is 19.5 Å². The molecule has 2 aromatic rings. The van der Waals surface area contributed by atoms with Crippen molar-refractivity contribution in [2.75, 3.05) is 12.4 Å². The van der Waals surface area contributed by atoms with Gasteiger partial charge in [-0.25, -0.2) is 4.79 Å². The first kappa shape index (κ1) is 23.3. The van der Waals surface area contributed by atoms with Crippen molar-refractivity contribution in [3.05, 3.63) is 60.2 Å². The Bertz CT molecular complexity index is 825. The first-order valence-electron chi connectivity index (χ1n) is 10.00. The Morgan fingerprint density at radius 2 is 1.53 bits per heavy atom. The van der Waals surface area contributed by atoms with Crippen LogP contribution in [-0.4, -0.2) is 24.8 Å². The molecule has 2 atom stereocenters. The second kappa shape index (κ2) is 10.1. The smallest absolute Gasteiger partial charge is 0.497 e. The quantitative estimate of drug-likeness (QED) is 0.598. The lowest BCUT2D eigenvalue weighted by atomic mass is 9.85. The van der Waals surface area contributed by atoms with Crippen LogP contribution in [0.2, 0.25) is 0 Å². The molecule has 0 saturated carbocycles. The number of benzene rings is 2. The van der Waals surface area contributed by atoms with Crippen LogP contribution in [0.15, 0.2) is 54.6 Å². The van der Waals surface area contributed by atoms with Crippen LogP contribution in [0.5, 0.6) is 5.75 Å². The maximum absolute atomic E-state index is 13.2. The molecule has 30 heavy (non-hydrogen) atoms. The summed E-state index contributed by atoms with van der Waals surface area (Å²) in [5.41, 5.74) is 0.666. The van der Waals surface area contributed by atoms with Crippen LogP contribution in [0.4, 0.5) is 10.5 Å². The Balaban J connectivity index is 2.30. The Kier molecular flexibility index (Phi) is 7.86. The fraction of sp³-hybridized carbons (Fsp3) is 0.417. The molecule has 0 aromatic heterocycles. The van der Waals surface area contributed by atoms with Gasteiger partial charge in [-0.2, -0.15) is 0 Å². The minimum absolute atomic E-state index is 0.101. The summed E-state index contributed by atoms with van der Waals surface area (Å²) in [7, 11) is 1.58. The van der Waals surface area contributed by atoms with E-state index in [2.05, 4.69) is 5.32 Å². The molecule has 2 aromatic carbocycles. The third-order valence-electron chi connectivity index (χ3n) is 4.45. The van der Waals surface area contributed by atoms with E-state index >= 15 is 0 Å². The lowest BCUT2D eigenvalue weighted by Gasteiger charge is -2.30. The van der Waals surface area contributed by atoms with Gasteiger partial charge in [0.15, 0.2) is 0 Å². The summed E-state index contributed by atoms with van der Waals surface area (Å²) >= 11 is 0. The van der Waals surface area contributed by atoms with Gasteiger partial charge in [0.2, 0.25) is 5.91 Å². The van der Waals surface area contributed by atoms with Gasteiger partial charge in [0.05, 0.1) is 13.0 Å². The Morgan fingerprint density at radius 3 is 2.03 bits per heavy atom. The van der Waals surface area contributed by atoms with E-state index < -0.39 is 23.8 Å². The average Bonchev–Trinajstić information content (AvgIpc) is 2.67. The molecule has 0 fully saturated rings. The molecule has 0 unspecified atom stereocenters. The fourth-order valence-corrected chi connectivity index (χ4v) is 3.06. The van der Waals surface area contributed by atoms with Crippen molar-refractivity contribution >= 4 is 17.7 Å². The van der Waals surface area contributed by atoms with Gasteiger partial charge in [-0.3, -0.25) is 4.79 Å². The monoisotopic (exact) mass is 413 g/mol. The second-order valence-electron chi connectivity index (χ2n) is 8.40. The van der Waals surface area contributed by atoms with Crippen molar-refractivity contribution in [2.45, 2.75) is 46.3 Å². The number of rotatable bonds is 7. The zero-order chi connectivity index (χ0) is 22.3. The highest BCUT2D eigenvalue weighted by atomic mass is 16.7. The second-order valence-corrected chi connectivity index (χ2v) is 8.40. The number of methoxy groups -OCH3 is 1. The highest BCUT2D eigenvalue weighted by molar-refractivity contribution is 5.93. The first-order valence-corrected chi connectivity index (χ1v) is 10.00. The van der Waals surface area contributed by atoms with E-state index in [1.807, 2.05) is 44.2 Å². The van der Waals surface area contributed by atoms with Crippen LogP contribution in [0.25, 0.3) is 0 Å². The summed E-state index contributed by atoms with van der Waals surface area (Å²) < 4.78 is 16.2. The van der Waals surface area contributed by atoms with Crippen LogP contribution in [-0.2, 0) is 14.3 Å². The van der Waals surface area contributed by atoms with E-state index in [1.165, 1.54) is 0 Å². The van der Waals surface area contributed by atoms with Crippen molar-refractivity contribution < 1.29 is 23.8 Å². The van der Waals surface area contributed by atoms with Crippen LogP contribution < -0.4 is 10.1 Å². The van der Waals surface area contributed by atoms with Crippen LogP contribution >= 0.6 is 0 Å². The van der Waals surface area contributed by atoms with Crippen molar-refractivity contribution in [1.82, 2.24) is 0 Å². The maximum Gasteiger partial charge on any atom is 0.509 e. The van der Waals surface area contributed by atoms with Crippen molar-refractivity contribution in [2.24, 2.45) is 11.8 Å². The van der Waals surface area contributed by atoms with E-state index in [0.29, 0.717) is 11.4 Å². The summed E-state index contributed by atoms with van der Waals surface area (Å²) in [6.07, 6.45) is -1.60. The lowest BCUT2D eigenvalue weighted by Crippen LogP contribution is -2.35. The minimum Gasteiger partial charge on any atom is -0.497 e. The summed E-state index contributed by atoms with van der Waals surface area (Å²) in [5.74, 6) is -0.269. The highest BCUT2D eigenvalue weighted by Gasteiger charge is 2.36. The molecule has 2 rings (SSSR count). The summed E-state index contributed by atoms with van der Waals surface area (Å²) in [4.78, 5) is 25.6. The van der Waals surface area contributed by atoms with Crippen LogP contribution in [0, 0.1) is 11.8 Å². The molecular weight excluding hydrogens is 382 g/mol. The van der Waals surface area contributed by atoms with E-state index in [1.54, 1.807) is 52.1 Å². The van der Waals surface area contributed by atoms with Crippen LogP contribution in [0.3, 0.4) is 0 Å². The van der Waals surface area contributed by atoms with Gasteiger partial charge in [0.25, 0.3) is 0 Å². The number of nitrogens with one attached hydrogen (secondary N) is 1. The molecule has 0 aliphatic heterocycles. The molecule has 6 nitrogen and oxygen atoms in total. The first-order chi connectivity index (χ1) is 14.1. The number of carbonyl (C=O) groups excluding carboxylic acids is 2. The number of hydrogen-bond acceptors (Lipinski definition) is 5. The van der Waals surface area contributed by atoms with E-state index in [9.17, 15) is 9.59 Å². The number of carbonyl (C=O) groups is 2. The average molecular weight is 414 g/mol. The molecule has 0 radical (unpaired) electrons. The number of anilines is 1. The van der Waals surface area contributed by atoms with Gasteiger partial charge in [-0.15, -0.1) is 0 Å². The van der Waals surface area contributed by atoms with E-state index in [-0.39, 0.29) is 11.8 Å². The lowest BCUT2D eigenvalue weighted by molar-refractivity contribution is -0.127. The van der Waals surface area contributed by atoms with Crippen molar-refractivity contribution in [3.8, 4) is 5.75 Å². The summed E-state index contributed by atoms with van der Waals surface area (Å²) in [5, 5.41) is 2.92. The van der Waals surface area contributed by atoms with E-state index in [4.69, 9.17) is 14.2 Å². The van der Waals surface area contributed by atoms with Crippen LogP contribution in [0.1, 0.15) is 46.3 Å². The normalized spacial score (nSPS) is 13.3. The Morgan fingerprint density at radius 1 is 0.933 bits per heavy atom. The number of amides is 1. The molecule has 1 N–H and O–H groups in total. The molecule has 162 valence electrons. The molecular formula is C24H31NO5. The summed E-state index contributed by atoms with van der Waals surface area (Å²) in [6, 6.07) is 16.3. The largest absolute Gasteiger partial charge is 0.509 e. The predicted octanol–water partition coefficient (Wildman–Crippen LogP) is 5.60. The predicted molar refractivity (Wildman–Crippen MR) is 116 cm³/mol.